The molecule has 4 aromatic rings. The minimum atomic E-state index is -4.46. The molecule has 0 amide bonds. The molecule has 172 valence electrons. The fraction of sp³-hybridized carbons (Fsp3) is 0.348. The van der Waals surface area contributed by atoms with E-state index in [1.807, 2.05) is 31.3 Å². The number of piperazine rings is 1. The van der Waals surface area contributed by atoms with Gasteiger partial charge in [0.1, 0.15) is 5.65 Å². The normalized spacial score (nSPS) is 15.6. The second-order valence-corrected chi connectivity index (χ2v) is 8.29. The summed E-state index contributed by atoms with van der Waals surface area (Å²) in [7, 11) is 0. The van der Waals surface area contributed by atoms with Crippen LogP contribution in [0.4, 0.5) is 18.9 Å². The summed E-state index contributed by atoms with van der Waals surface area (Å²) >= 11 is 0. The van der Waals surface area contributed by atoms with Gasteiger partial charge < -0.3 is 14.3 Å². The van der Waals surface area contributed by atoms with Crippen LogP contribution in [0.15, 0.2) is 47.7 Å². The molecule has 0 aliphatic carbocycles. The number of hydrogen-bond donors (Lipinski definition) is 1. The predicted molar refractivity (Wildman–Crippen MR) is 119 cm³/mol. The Labute approximate surface area is 187 Å². The van der Waals surface area contributed by atoms with Gasteiger partial charge in [-0.2, -0.15) is 13.2 Å². The first-order valence-corrected chi connectivity index (χ1v) is 10.8. The molecule has 1 aliphatic heterocycles. The molecule has 1 saturated heterocycles. The zero-order valence-corrected chi connectivity index (χ0v) is 18.1. The number of imidazole rings is 1. The van der Waals surface area contributed by atoms with E-state index in [4.69, 9.17) is 0 Å². The van der Waals surface area contributed by atoms with Gasteiger partial charge in [0.25, 0.3) is 5.56 Å². The fourth-order valence-electron chi connectivity index (χ4n) is 4.24. The topological polar surface area (TPSA) is 69.5 Å². The fourth-order valence-corrected chi connectivity index (χ4v) is 4.24. The highest BCUT2D eigenvalue weighted by atomic mass is 19.4. The predicted octanol–water partition coefficient (Wildman–Crippen LogP) is 3.47. The van der Waals surface area contributed by atoms with Crippen molar-refractivity contribution in [2.24, 2.45) is 0 Å². The molecule has 0 spiro atoms. The highest BCUT2D eigenvalue weighted by molar-refractivity contribution is 5.74. The number of aromatic nitrogens is 4. The summed E-state index contributed by atoms with van der Waals surface area (Å²) in [5.74, 6) is 0. The molecule has 0 atom stereocenters. The van der Waals surface area contributed by atoms with Crippen LogP contribution in [0.1, 0.15) is 23.7 Å². The summed E-state index contributed by atoms with van der Waals surface area (Å²) < 4.78 is 40.2. The lowest BCUT2D eigenvalue weighted by molar-refractivity contribution is -0.140. The molecule has 0 saturated carbocycles. The number of halogens is 3. The number of anilines is 1. The summed E-state index contributed by atoms with van der Waals surface area (Å²) in [5, 5.41) is 0. The van der Waals surface area contributed by atoms with Crippen molar-refractivity contribution in [2.45, 2.75) is 26.1 Å². The third-order valence-corrected chi connectivity index (χ3v) is 6.08. The van der Waals surface area contributed by atoms with Gasteiger partial charge in [-0.05, 0) is 36.2 Å². The molecule has 10 heteroatoms. The molecule has 0 aromatic carbocycles. The van der Waals surface area contributed by atoms with Gasteiger partial charge >= 0.3 is 6.18 Å². The van der Waals surface area contributed by atoms with Crippen molar-refractivity contribution < 1.29 is 13.2 Å². The van der Waals surface area contributed by atoms with Gasteiger partial charge in [-0.1, -0.05) is 6.92 Å². The zero-order chi connectivity index (χ0) is 23.2. The van der Waals surface area contributed by atoms with Gasteiger partial charge in [-0.3, -0.25) is 14.7 Å². The van der Waals surface area contributed by atoms with E-state index in [0.29, 0.717) is 13.0 Å². The number of alkyl halides is 3. The summed E-state index contributed by atoms with van der Waals surface area (Å²) in [6, 6.07) is 7.24. The average molecular weight is 456 g/mol. The quantitative estimate of drug-likeness (QED) is 0.509. The molecule has 0 bridgehead atoms. The van der Waals surface area contributed by atoms with Crippen LogP contribution in [-0.2, 0) is 19.1 Å². The van der Waals surface area contributed by atoms with Gasteiger partial charge in [-0.15, -0.1) is 0 Å². The minimum absolute atomic E-state index is 0.0743. The summed E-state index contributed by atoms with van der Waals surface area (Å²) in [6.07, 6.45) is 0.770. The van der Waals surface area contributed by atoms with Crippen molar-refractivity contribution in [2.75, 3.05) is 31.1 Å². The Morgan fingerprint density at radius 3 is 2.61 bits per heavy atom. The Hall–Kier alpha value is -3.40. The maximum absolute atomic E-state index is 12.9. The molecule has 1 N–H and O–H groups in total. The van der Waals surface area contributed by atoms with Crippen molar-refractivity contribution >= 4 is 22.4 Å². The third kappa shape index (κ3) is 4.30. The van der Waals surface area contributed by atoms with Crippen LogP contribution < -0.4 is 10.5 Å². The highest BCUT2D eigenvalue weighted by Gasteiger charge is 2.34. The number of H-pyrrole nitrogens is 1. The van der Waals surface area contributed by atoms with E-state index < -0.39 is 11.9 Å². The molecule has 7 nitrogen and oxygen atoms in total. The maximum atomic E-state index is 12.9. The molecule has 4 aromatic heterocycles. The van der Waals surface area contributed by atoms with E-state index >= 15 is 0 Å². The van der Waals surface area contributed by atoms with Gasteiger partial charge in [0, 0.05) is 56.9 Å². The Morgan fingerprint density at radius 1 is 1.09 bits per heavy atom. The second-order valence-electron chi connectivity index (χ2n) is 8.29. The van der Waals surface area contributed by atoms with E-state index in [9.17, 15) is 18.0 Å². The van der Waals surface area contributed by atoms with Crippen molar-refractivity contribution in [3.63, 3.8) is 0 Å². The number of hydrogen-bond acceptors (Lipinski definition) is 5. The maximum Gasteiger partial charge on any atom is 0.434 e. The molecular formula is C23H23F3N6O. The Bertz CT molecular complexity index is 1370. The summed E-state index contributed by atoms with van der Waals surface area (Å²) in [5.41, 5.74) is 3.44. The highest BCUT2D eigenvalue weighted by Crippen LogP contribution is 2.29. The van der Waals surface area contributed by atoms with Crippen molar-refractivity contribution in [3.05, 3.63) is 70.0 Å². The molecular weight excluding hydrogens is 433 g/mol. The molecule has 5 heterocycles. The number of rotatable bonds is 4. The minimum Gasteiger partial charge on any atom is -0.368 e. The lowest BCUT2D eigenvalue weighted by Gasteiger charge is -2.36. The van der Waals surface area contributed by atoms with Crippen LogP contribution in [-0.4, -0.2) is 50.4 Å². The lowest BCUT2D eigenvalue weighted by Crippen LogP contribution is -2.46. The Balaban J connectivity index is 1.26. The van der Waals surface area contributed by atoms with Crippen LogP contribution in [0.25, 0.3) is 16.7 Å². The largest absolute Gasteiger partial charge is 0.434 e. The van der Waals surface area contributed by atoms with Gasteiger partial charge in [0.15, 0.2) is 5.69 Å². The van der Waals surface area contributed by atoms with E-state index in [0.717, 1.165) is 60.2 Å². The Kier molecular flexibility index (Phi) is 5.32. The SMILES string of the molecule is CCc1cc2ncc(CN3CCN(c4ccc5nc(C(F)(F)F)cn5c4)CC3)cc2[nH]c1=O. The van der Waals surface area contributed by atoms with E-state index in [2.05, 4.69) is 24.8 Å². The van der Waals surface area contributed by atoms with Crippen LogP contribution in [0.5, 0.6) is 0 Å². The standard InChI is InChI=1S/C23H23F3N6O/c1-2-16-10-18-19(28-22(16)33)9-15(11-27-18)12-30-5-7-31(8-6-30)17-3-4-21-29-20(23(24,25)26)14-32(21)13-17/h3-4,9-11,13-14H,2,5-8,12H2,1H3,(H,28,33). The summed E-state index contributed by atoms with van der Waals surface area (Å²) in [4.78, 5) is 27.6. The number of fused-ring (bicyclic) bond motifs is 2. The lowest BCUT2D eigenvalue weighted by atomic mass is 10.1. The van der Waals surface area contributed by atoms with Crippen LogP contribution in [0.3, 0.4) is 0 Å². The van der Waals surface area contributed by atoms with Gasteiger partial charge in [-0.25, -0.2) is 4.98 Å². The number of aromatic amines is 1. The van der Waals surface area contributed by atoms with Crippen molar-refractivity contribution in [3.8, 4) is 0 Å². The molecule has 33 heavy (non-hydrogen) atoms. The monoisotopic (exact) mass is 456 g/mol. The van der Waals surface area contributed by atoms with Crippen LogP contribution in [0.2, 0.25) is 0 Å². The molecule has 0 radical (unpaired) electrons. The number of aryl methyl sites for hydroxylation is 1. The first-order valence-electron chi connectivity index (χ1n) is 10.8. The zero-order valence-electron chi connectivity index (χ0n) is 18.1. The molecule has 1 fully saturated rings. The third-order valence-electron chi connectivity index (χ3n) is 6.08. The van der Waals surface area contributed by atoms with E-state index in [1.165, 1.54) is 4.40 Å². The molecule has 5 rings (SSSR count). The molecule has 1 aliphatic rings. The first kappa shape index (κ1) is 21.4. The molecule has 0 unspecified atom stereocenters. The number of pyridine rings is 3. The first-order chi connectivity index (χ1) is 15.8. The second kappa shape index (κ2) is 8.18. The Morgan fingerprint density at radius 2 is 1.88 bits per heavy atom. The van der Waals surface area contributed by atoms with Gasteiger partial charge in [0.05, 0.1) is 16.7 Å². The average Bonchev–Trinajstić information content (AvgIpc) is 3.23. The summed E-state index contributed by atoms with van der Waals surface area (Å²) in [6.45, 7) is 5.77. The van der Waals surface area contributed by atoms with Gasteiger partial charge in [0.2, 0.25) is 0 Å². The van der Waals surface area contributed by atoms with Crippen LogP contribution in [0, 0.1) is 0 Å². The number of nitrogens with one attached hydrogen (secondary N) is 1. The number of nitrogens with zero attached hydrogens (tertiary/aromatic N) is 5. The van der Waals surface area contributed by atoms with E-state index in [-0.39, 0.29) is 11.2 Å². The van der Waals surface area contributed by atoms with E-state index in [1.54, 1.807) is 12.3 Å². The van der Waals surface area contributed by atoms with Crippen molar-refractivity contribution in [1.82, 2.24) is 24.3 Å². The van der Waals surface area contributed by atoms with Crippen molar-refractivity contribution in [1.29, 1.82) is 0 Å². The van der Waals surface area contributed by atoms with Crippen LogP contribution >= 0.6 is 0 Å². The smallest absolute Gasteiger partial charge is 0.368 e.